The molecule has 130 valence electrons. The Bertz CT molecular complexity index is 783. The number of carbonyl (C=O) groups is 3. The fraction of sp³-hybridized carbons (Fsp3) is 0.250. The third-order valence-electron chi connectivity index (χ3n) is 3.47. The van der Waals surface area contributed by atoms with Gasteiger partial charge in [-0.1, -0.05) is 0 Å². The normalized spacial score (nSPS) is 16.0. The summed E-state index contributed by atoms with van der Waals surface area (Å²) in [6.07, 6.45) is 8.93. The minimum Gasteiger partial charge on any atom is -0.465 e. The molecule has 3 heterocycles. The van der Waals surface area contributed by atoms with Crippen molar-refractivity contribution in [3.8, 4) is 0 Å². The number of thioether (sulfide) groups is 1. The molecule has 9 heteroatoms. The number of hydrogen-bond donors (Lipinski definition) is 1. The maximum Gasteiger partial charge on any atom is 0.294 e. The molecular formula is C16H16N4O4S. The summed E-state index contributed by atoms with van der Waals surface area (Å²) in [4.78, 5) is 41.3. The Balaban J connectivity index is 1.47. The second kappa shape index (κ2) is 7.84. The van der Waals surface area contributed by atoms with Gasteiger partial charge in [0.1, 0.15) is 12.3 Å². The number of carbonyl (C=O) groups excluding carboxylic acids is 3. The van der Waals surface area contributed by atoms with Gasteiger partial charge in [-0.15, -0.1) is 0 Å². The number of amides is 3. The molecule has 0 unspecified atom stereocenters. The molecule has 1 N–H and O–H groups in total. The van der Waals surface area contributed by atoms with Gasteiger partial charge in [0, 0.05) is 31.6 Å². The number of imidazole rings is 1. The first-order chi connectivity index (χ1) is 12.1. The number of furan rings is 1. The summed E-state index contributed by atoms with van der Waals surface area (Å²) < 4.78 is 7.04. The van der Waals surface area contributed by atoms with Crippen molar-refractivity contribution in [2.75, 3.05) is 13.1 Å². The van der Waals surface area contributed by atoms with Crippen LogP contribution in [0.1, 0.15) is 12.2 Å². The average molecular weight is 360 g/mol. The van der Waals surface area contributed by atoms with Gasteiger partial charge in [0.15, 0.2) is 0 Å². The number of aromatic nitrogens is 2. The van der Waals surface area contributed by atoms with Gasteiger partial charge in [-0.25, -0.2) is 4.98 Å². The van der Waals surface area contributed by atoms with Gasteiger partial charge >= 0.3 is 0 Å². The van der Waals surface area contributed by atoms with Crippen molar-refractivity contribution < 1.29 is 18.8 Å². The lowest BCUT2D eigenvalue weighted by atomic mass is 10.3. The summed E-state index contributed by atoms with van der Waals surface area (Å²) in [5.74, 6) is -0.374. The number of imide groups is 1. The largest absolute Gasteiger partial charge is 0.465 e. The third kappa shape index (κ3) is 4.38. The zero-order chi connectivity index (χ0) is 17.6. The molecule has 0 aromatic carbocycles. The molecule has 0 radical (unpaired) electrons. The second-order valence-corrected chi connectivity index (χ2v) is 6.28. The Morgan fingerprint density at radius 3 is 3.00 bits per heavy atom. The topological polar surface area (TPSA) is 97.4 Å². The molecular weight excluding hydrogens is 344 g/mol. The lowest BCUT2D eigenvalue weighted by Gasteiger charge is -2.12. The molecule has 1 fully saturated rings. The summed E-state index contributed by atoms with van der Waals surface area (Å²) in [6, 6.07) is 3.37. The first-order valence-corrected chi connectivity index (χ1v) is 8.46. The van der Waals surface area contributed by atoms with Gasteiger partial charge in [0.25, 0.3) is 11.1 Å². The zero-order valence-electron chi connectivity index (χ0n) is 13.3. The van der Waals surface area contributed by atoms with Crippen molar-refractivity contribution in [3.05, 3.63) is 47.8 Å². The summed E-state index contributed by atoms with van der Waals surface area (Å²) in [6.45, 7) is 0.897. The minimum absolute atomic E-state index is 0.243. The molecule has 0 aliphatic carbocycles. The Hall–Kier alpha value is -2.81. The van der Waals surface area contributed by atoms with E-state index in [1.165, 1.54) is 12.3 Å². The number of rotatable bonds is 7. The molecule has 1 aliphatic heterocycles. The SMILES string of the molecule is O=C(CN1C(=O)SC(=Cc2ccco2)C1=O)NCCCn1ccnc1. The summed E-state index contributed by atoms with van der Waals surface area (Å²) in [5.41, 5.74) is 0. The van der Waals surface area contributed by atoms with Gasteiger partial charge in [-0.05, 0) is 30.3 Å². The van der Waals surface area contributed by atoms with Crippen LogP contribution >= 0.6 is 11.8 Å². The molecule has 2 aromatic heterocycles. The smallest absolute Gasteiger partial charge is 0.294 e. The molecule has 1 saturated heterocycles. The van der Waals surface area contributed by atoms with Crippen LogP contribution < -0.4 is 5.32 Å². The number of hydrogen-bond acceptors (Lipinski definition) is 6. The number of aryl methyl sites for hydroxylation is 1. The first-order valence-electron chi connectivity index (χ1n) is 7.65. The highest BCUT2D eigenvalue weighted by Crippen LogP contribution is 2.31. The van der Waals surface area contributed by atoms with Gasteiger partial charge in [-0.2, -0.15) is 0 Å². The molecule has 0 atom stereocenters. The van der Waals surface area contributed by atoms with Crippen molar-refractivity contribution in [1.29, 1.82) is 0 Å². The lowest BCUT2D eigenvalue weighted by molar-refractivity contribution is -0.129. The van der Waals surface area contributed by atoms with Gasteiger partial charge in [0.05, 0.1) is 17.5 Å². The highest BCUT2D eigenvalue weighted by atomic mass is 32.2. The highest BCUT2D eigenvalue weighted by molar-refractivity contribution is 8.18. The third-order valence-corrected chi connectivity index (χ3v) is 4.37. The molecule has 1 aliphatic rings. The molecule has 0 saturated carbocycles. The summed E-state index contributed by atoms with van der Waals surface area (Å²) >= 11 is 0.797. The summed E-state index contributed by atoms with van der Waals surface area (Å²) in [5, 5.41) is 2.25. The number of nitrogens with one attached hydrogen (secondary N) is 1. The lowest BCUT2D eigenvalue weighted by Crippen LogP contribution is -2.39. The Labute approximate surface area is 147 Å². The minimum atomic E-state index is -0.486. The van der Waals surface area contributed by atoms with Crippen molar-refractivity contribution in [1.82, 2.24) is 19.8 Å². The van der Waals surface area contributed by atoms with Crippen LogP contribution in [0.3, 0.4) is 0 Å². The van der Waals surface area contributed by atoms with E-state index >= 15 is 0 Å². The maximum absolute atomic E-state index is 12.2. The van der Waals surface area contributed by atoms with Crippen molar-refractivity contribution in [2.45, 2.75) is 13.0 Å². The van der Waals surface area contributed by atoms with E-state index in [0.717, 1.165) is 29.6 Å². The quantitative estimate of drug-likeness (QED) is 0.596. The Morgan fingerprint density at radius 2 is 2.28 bits per heavy atom. The van der Waals surface area contributed by atoms with E-state index in [9.17, 15) is 14.4 Å². The highest BCUT2D eigenvalue weighted by Gasteiger charge is 2.36. The standard InChI is InChI=1S/C16H16N4O4S/c21-14(18-4-2-6-19-7-5-17-11-19)10-20-15(22)13(25-16(20)23)9-12-3-1-8-24-12/h1,3,5,7-9,11H,2,4,6,10H2,(H,18,21). The van der Waals surface area contributed by atoms with Crippen LogP contribution in [0.2, 0.25) is 0 Å². The molecule has 2 aromatic rings. The van der Waals surface area contributed by atoms with Crippen LogP contribution in [0, 0.1) is 0 Å². The van der Waals surface area contributed by atoms with E-state index in [1.807, 2.05) is 10.8 Å². The first kappa shape index (κ1) is 17.0. The van der Waals surface area contributed by atoms with Crippen molar-refractivity contribution in [3.63, 3.8) is 0 Å². The average Bonchev–Trinajstić information content (AvgIpc) is 3.32. The van der Waals surface area contributed by atoms with E-state index in [0.29, 0.717) is 12.3 Å². The predicted octanol–water partition coefficient (Wildman–Crippen LogP) is 1.72. The molecule has 3 rings (SSSR count). The Morgan fingerprint density at radius 1 is 1.40 bits per heavy atom. The van der Waals surface area contributed by atoms with E-state index in [-0.39, 0.29) is 17.4 Å². The van der Waals surface area contributed by atoms with Crippen molar-refractivity contribution in [2.24, 2.45) is 0 Å². The van der Waals surface area contributed by atoms with Gasteiger partial charge < -0.3 is 14.3 Å². The van der Waals surface area contributed by atoms with Crippen LogP contribution in [0.25, 0.3) is 6.08 Å². The molecule has 3 amide bonds. The molecule has 0 bridgehead atoms. The maximum atomic E-state index is 12.2. The Kier molecular flexibility index (Phi) is 5.34. The van der Waals surface area contributed by atoms with Crippen LogP contribution in [-0.4, -0.2) is 44.6 Å². The van der Waals surface area contributed by atoms with Crippen LogP contribution in [0.15, 0.2) is 46.4 Å². The fourth-order valence-corrected chi connectivity index (χ4v) is 3.07. The summed E-state index contributed by atoms with van der Waals surface area (Å²) in [7, 11) is 0. The second-order valence-electron chi connectivity index (χ2n) is 5.29. The fourth-order valence-electron chi connectivity index (χ4n) is 2.25. The van der Waals surface area contributed by atoms with E-state index in [1.54, 1.807) is 24.7 Å². The molecule has 0 spiro atoms. The zero-order valence-corrected chi connectivity index (χ0v) is 14.1. The van der Waals surface area contributed by atoms with Gasteiger partial charge in [-0.3, -0.25) is 19.3 Å². The van der Waals surface area contributed by atoms with E-state index in [2.05, 4.69) is 10.3 Å². The predicted molar refractivity (Wildman–Crippen MR) is 91.2 cm³/mol. The van der Waals surface area contributed by atoms with Crippen LogP contribution in [-0.2, 0) is 16.1 Å². The molecule has 8 nitrogen and oxygen atoms in total. The van der Waals surface area contributed by atoms with Crippen LogP contribution in [0.4, 0.5) is 4.79 Å². The van der Waals surface area contributed by atoms with Crippen LogP contribution in [0.5, 0.6) is 0 Å². The number of nitrogens with zero attached hydrogens (tertiary/aromatic N) is 3. The monoisotopic (exact) mass is 360 g/mol. The van der Waals surface area contributed by atoms with Crippen molar-refractivity contribution >= 4 is 34.9 Å². The van der Waals surface area contributed by atoms with E-state index < -0.39 is 11.1 Å². The van der Waals surface area contributed by atoms with E-state index in [4.69, 9.17) is 4.42 Å². The molecule has 25 heavy (non-hydrogen) atoms. The van der Waals surface area contributed by atoms with Gasteiger partial charge in [0.2, 0.25) is 5.91 Å².